The van der Waals surface area contributed by atoms with Crippen LogP contribution in [0.5, 0.6) is 0 Å². The Bertz CT molecular complexity index is 1320. The van der Waals surface area contributed by atoms with Crippen molar-refractivity contribution in [2.24, 2.45) is 0 Å². The minimum absolute atomic E-state index is 0.181. The second-order valence-electron chi connectivity index (χ2n) is 21.2. The largest absolute Gasteiger partial charge is 0.481 e. The Morgan fingerprint density at radius 2 is 1.03 bits per heavy atom. The molecule has 5 rings (SSSR count). The van der Waals surface area contributed by atoms with Gasteiger partial charge in [0.1, 0.15) is 0 Å². The highest BCUT2D eigenvalue weighted by atomic mass is 16.7. The number of anilines is 3. The van der Waals surface area contributed by atoms with E-state index >= 15 is 0 Å². The van der Waals surface area contributed by atoms with Crippen LogP contribution >= 0.6 is 0 Å². The van der Waals surface area contributed by atoms with Crippen molar-refractivity contribution in [3.8, 4) is 0 Å². The second kappa shape index (κ2) is 21.2. The van der Waals surface area contributed by atoms with Gasteiger partial charge in [-0.15, -0.1) is 0 Å². The first-order chi connectivity index (χ1) is 28.0. The van der Waals surface area contributed by atoms with Crippen molar-refractivity contribution in [3.63, 3.8) is 0 Å². The molecule has 2 aliphatic heterocycles. The van der Waals surface area contributed by atoms with Crippen LogP contribution < -0.4 is 15.1 Å². The number of nitrogens with one attached hydrogen (secondary N) is 1. The molecule has 0 amide bonds. The highest BCUT2D eigenvalue weighted by Gasteiger charge is 2.51. The first-order valence-electron chi connectivity index (χ1n) is 24.1. The molecule has 2 aliphatic carbocycles. The van der Waals surface area contributed by atoms with E-state index in [1.807, 2.05) is 0 Å². The lowest BCUT2D eigenvalue weighted by atomic mass is 9.78. The maximum atomic E-state index is 11.2. The highest BCUT2D eigenvalue weighted by Crippen LogP contribution is 2.45. The van der Waals surface area contributed by atoms with Crippen LogP contribution in [0.2, 0.25) is 0 Å². The monoisotopic (exact) mass is 827 g/mol. The van der Waals surface area contributed by atoms with E-state index in [2.05, 4.69) is 94.5 Å². The molecule has 4 fully saturated rings. The lowest BCUT2D eigenvalue weighted by molar-refractivity contribution is -0.310. The Morgan fingerprint density at radius 3 is 1.41 bits per heavy atom. The number of unbranched alkanes of at least 4 members (excludes halogenated alkanes) is 4. The van der Waals surface area contributed by atoms with Crippen LogP contribution in [0.1, 0.15) is 210 Å². The number of carboxylic acids is 1. The Balaban J connectivity index is 1.48. The van der Waals surface area contributed by atoms with Crippen LogP contribution in [-0.2, 0) is 14.5 Å². The molecule has 0 aromatic carbocycles. The number of hydrogen-bond donors (Lipinski definition) is 2. The van der Waals surface area contributed by atoms with E-state index in [0.29, 0.717) is 31.1 Å². The summed E-state index contributed by atoms with van der Waals surface area (Å²) >= 11 is 0. The van der Waals surface area contributed by atoms with Gasteiger partial charge in [-0.2, -0.15) is 25.1 Å². The Hall–Kier alpha value is -2.28. The zero-order valence-corrected chi connectivity index (χ0v) is 39.3. The summed E-state index contributed by atoms with van der Waals surface area (Å²) < 4.78 is 0. The number of aliphatic carboxylic acids is 1. The molecule has 1 aromatic heterocycles. The normalized spacial score (nSPS) is 23.3. The summed E-state index contributed by atoms with van der Waals surface area (Å²) in [5.41, 5.74) is -0.725. The molecule has 2 saturated heterocycles. The third-order valence-corrected chi connectivity index (χ3v) is 13.6. The number of hydrogen-bond acceptors (Lipinski definition) is 11. The van der Waals surface area contributed by atoms with E-state index in [-0.39, 0.29) is 40.7 Å². The zero-order chi connectivity index (χ0) is 42.8. The van der Waals surface area contributed by atoms with Crippen molar-refractivity contribution in [1.29, 1.82) is 0 Å². The van der Waals surface area contributed by atoms with Crippen molar-refractivity contribution in [1.82, 2.24) is 25.1 Å². The topological polar surface area (TPSA) is 119 Å². The van der Waals surface area contributed by atoms with Gasteiger partial charge in [-0.3, -0.25) is 14.5 Å². The van der Waals surface area contributed by atoms with E-state index in [9.17, 15) is 9.90 Å². The van der Waals surface area contributed by atoms with Crippen LogP contribution in [-0.4, -0.2) is 102 Å². The Labute approximate surface area is 359 Å². The first-order valence-corrected chi connectivity index (χ1v) is 24.1. The van der Waals surface area contributed by atoms with Crippen molar-refractivity contribution in [3.05, 3.63) is 0 Å². The van der Waals surface area contributed by atoms with Gasteiger partial charge in [0.25, 0.3) is 0 Å². The average Bonchev–Trinajstić information content (AvgIpc) is 3.16. The summed E-state index contributed by atoms with van der Waals surface area (Å²) in [6.07, 6.45) is 23.5. The molecule has 0 atom stereocenters. The summed E-state index contributed by atoms with van der Waals surface area (Å²) in [5, 5.41) is 17.5. The molecule has 0 spiro atoms. The van der Waals surface area contributed by atoms with Gasteiger partial charge >= 0.3 is 5.97 Å². The quantitative estimate of drug-likeness (QED) is 0.115. The van der Waals surface area contributed by atoms with Crippen molar-refractivity contribution in [2.45, 2.75) is 257 Å². The number of hydroxylamine groups is 4. The summed E-state index contributed by atoms with van der Waals surface area (Å²) in [4.78, 5) is 46.1. The lowest BCUT2D eigenvalue weighted by Gasteiger charge is -2.57. The number of carbonyl (C=O) groups is 1. The molecule has 0 radical (unpaired) electrons. The van der Waals surface area contributed by atoms with Crippen LogP contribution in [0, 0.1) is 0 Å². The van der Waals surface area contributed by atoms with E-state index in [1.165, 1.54) is 38.5 Å². The number of nitrogens with zero attached hydrogens (tertiary/aromatic N) is 7. The fourth-order valence-electron chi connectivity index (χ4n) is 11.1. The predicted molar refractivity (Wildman–Crippen MR) is 241 cm³/mol. The number of carboxylic acid groups (broad SMARTS) is 1. The molecule has 0 unspecified atom stereocenters. The maximum absolute atomic E-state index is 11.2. The minimum atomic E-state index is -0.737. The van der Waals surface area contributed by atoms with E-state index in [4.69, 9.17) is 24.6 Å². The molecular formula is C47H86N8O4. The van der Waals surface area contributed by atoms with Crippen LogP contribution in [0.15, 0.2) is 0 Å². The van der Waals surface area contributed by atoms with E-state index in [1.54, 1.807) is 0 Å². The second-order valence-corrected chi connectivity index (χ2v) is 21.2. The van der Waals surface area contributed by atoms with Gasteiger partial charge in [0.2, 0.25) is 17.8 Å². The molecule has 59 heavy (non-hydrogen) atoms. The summed E-state index contributed by atoms with van der Waals surface area (Å²) in [6, 6.07) is 0.443. The Kier molecular flexibility index (Phi) is 17.2. The van der Waals surface area contributed by atoms with Gasteiger partial charge in [0, 0.05) is 60.3 Å². The number of rotatable bonds is 21. The smallest absolute Gasteiger partial charge is 0.303 e. The van der Waals surface area contributed by atoms with Gasteiger partial charge in [0.15, 0.2) is 0 Å². The molecular weight excluding hydrogens is 741 g/mol. The van der Waals surface area contributed by atoms with Gasteiger partial charge in [-0.25, -0.2) is 0 Å². The molecule has 338 valence electrons. The molecule has 1 aromatic rings. The molecule has 12 nitrogen and oxygen atoms in total. The van der Waals surface area contributed by atoms with Crippen molar-refractivity contribution >= 4 is 23.8 Å². The Morgan fingerprint density at radius 1 is 0.627 bits per heavy atom. The predicted octanol–water partition coefficient (Wildman–Crippen LogP) is 10.7. The van der Waals surface area contributed by atoms with Crippen molar-refractivity contribution in [2.75, 3.05) is 34.8 Å². The van der Waals surface area contributed by atoms with E-state index in [0.717, 1.165) is 115 Å². The van der Waals surface area contributed by atoms with Gasteiger partial charge in [-0.1, -0.05) is 71.6 Å². The van der Waals surface area contributed by atoms with Gasteiger partial charge in [0.05, 0.1) is 12.2 Å². The third kappa shape index (κ3) is 13.1. The van der Waals surface area contributed by atoms with Crippen LogP contribution in [0.25, 0.3) is 0 Å². The van der Waals surface area contributed by atoms with Gasteiger partial charge < -0.3 is 20.2 Å². The molecule has 4 aliphatic rings. The lowest BCUT2D eigenvalue weighted by Crippen LogP contribution is -2.65. The first kappa shape index (κ1) is 47.8. The SMILES string of the molecule is CCCCN(c1nc(NCCCCCC(=O)O)nc(N(CCCC)C2CC(C)(C)N(OC3CCCCC3)C(C)(C)C2)n1)C1CC(C)(C)N(OC2CCCCC2)C(C)(C)C1. The molecule has 0 bridgehead atoms. The average molecular weight is 827 g/mol. The highest BCUT2D eigenvalue weighted by molar-refractivity contribution is 5.66. The molecule has 2 saturated carbocycles. The molecule has 12 heteroatoms. The third-order valence-electron chi connectivity index (χ3n) is 13.6. The summed E-state index contributed by atoms with van der Waals surface area (Å²) in [6.45, 7) is 25.8. The van der Waals surface area contributed by atoms with Crippen molar-refractivity contribution < 1.29 is 19.6 Å². The fraction of sp³-hybridized carbons (Fsp3) is 0.915. The fourth-order valence-corrected chi connectivity index (χ4v) is 11.1. The van der Waals surface area contributed by atoms with Crippen LogP contribution in [0.4, 0.5) is 17.8 Å². The van der Waals surface area contributed by atoms with Gasteiger partial charge in [-0.05, 0) is 132 Å². The molecule has 3 heterocycles. The van der Waals surface area contributed by atoms with E-state index < -0.39 is 5.97 Å². The zero-order valence-electron chi connectivity index (χ0n) is 39.3. The number of aromatic nitrogens is 3. The minimum Gasteiger partial charge on any atom is -0.481 e. The maximum Gasteiger partial charge on any atom is 0.303 e. The van der Waals surface area contributed by atoms with Crippen LogP contribution in [0.3, 0.4) is 0 Å². The standard InChI is InChI=1S/C47H86N8O4/c1-11-13-30-52(36-32-44(3,4)54(45(5,6)33-36)58-38-24-18-15-19-25-38)42-49-41(48-29-23-17-22-28-40(56)57)50-43(51-42)53(31-14-12-2)37-34-46(7,8)55(47(9,10)35-37)59-39-26-20-16-21-27-39/h36-39H,11-35H2,1-10H3,(H,56,57)(H,48,49,50,51). The summed E-state index contributed by atoms with van der Waals surface area (Å²) in [5.74, 6) is 1.39. The molecule has 2 N–H and O–H groups in total. The summed E-state index contributed by atoms with van der Waals surface area (Å²) in [7, 11) is 0. The number of piperidine rings is 2.